The van der Waals surface area contributed by atoms with Crippen LogP contribution < -0.4 is 9.47 Å². The van der Waals surface area contributed by atoms with Gasteiger partial charge < -0.3 is 24.1 Å². The molecule has 0 amide bonds. The van der Waals surface area contributed by atoms with E-state index in [9.17, 15) is 24.0 Å². The van der Waals surface area contributed by atoms with Crippen molar-refractivity contribution in [2.24, 2.45) is 0 Å². The van der Waals surface area contributed by atoms with Crippen molar-refractivity contribution >= 4 is 93.4 Å². The highest BCUT2D eigenvalue weighted by atomic mass is 127. The van der Waals surface area contributed by atoms with Crippen molar-refractivity contribution < 1.29 is 48.0 Å². The number of methoxy groups -OCH3 is 2. The summed E-state index contributed by atoms with van der Waals surface area (Å²) < 4.78 is 21.1. The number of hydrogen-bond acceptors (Lipinski definition) is 9. The highest BCUT2D eigenvalue weighted by molar-refractivity contribution is 14.1. The predicted octanol–water partition coefficient (Wildman–Crippen LogP) is 8.14. The Morgan fingerprint density at radius 2 is 0.872 bits per heavy atom. The Hall–Kier alpha value is -3.83. The first-order valence-corrected chi connectivity index (χ1v) is 13.9. The molecule has 0 unspecified atom stereocenters. The van der Waals surface area contributed by atoms with Crippen LogP contribution in [0.2, 0.25) is 0 Å². The molecule has 0 aromatic heterocycles. The average Bonchev–Trinajstić information content (AvgIpc) is 3.02. The van der Waals surface area contributed by atoms with Gasteiger partial charge in [0, 0.05) is 3.57 Å². The summed E-state index contributed by atoms with van der Waals surface area (Å²) in [6.45, 7) is 3.41. The second-order valence-corrected chi connectivity index (χ2v) is 10.3. The number of benzene rings is 4. The maximum Gasteiger partial charge on any atom is 0.343 e. The van der Waals surface area contributed by atoms with Crippen molar-refractivity contribution in [3.05, 3.63) is 127 Å². The van der Waals surface area contributed by atoms with E-state index in [1.54, 1.807) is 38.1 Å². The number of carbonyl (C=O) groups is 5. The van der Waals surface area contributed by atoms with Crippen LogP contribution in [0, 0.1) is 17.4 Å². The Labute approximate surface area is 313 Å². The lowest BCUT2D eigenvalue weighted by atomic mass is 9.98. The Morgan fingerprint density at radius 1 is 0.553 bits per heavy atom. The first kappa shape index (κ1) is 43.2. The molecule has 0 atom stereocenters. The van der Waals surface area contributed by atoms with E-state index < -0.39 is 29.8 Å². The van der Waals surface area contributed by atoms with E-state index in [1.165, 1.54) is 74.9 Å². The monoisotopic (exact) mass is 934 g/mol. The molecule has 0 aliphatic carbocycles. The third kappa shape index (κ3) is 12.0. The molecule has 0 radical (unpaired) electrons. The minimum absolute atomic E-state index is 0. The molecule has 0 saturated heterocycles. The fourth-order valence-corrected chi connectivity index (χ4v) is 4.09. The van der Waals surface area contributed by atoms with Crippen LogP contribution in [-0.4, -0.2) is 49.2 Å². The third-order valence-corrected chi connectivity index (χ3v) is 7.01. The summed E-state index contributed by atoms with van der Waals surface area (Å²) in [6.07, 6.45) is 0. The Balaban J connectivity index is 0.00000140. The Bertz CT molecular complexity index is 1590. The maximum atomic E-state index is 12.7. The van der Waals surface area contributed by atoms with Crippen LogP contribution in [0.15, 0.2) is 84.9 Å². The van der Waals surface area contributed by atoms with Crippen LogP contribution >= 0.6 is 63.5 Å². The molecule has 0 aliphatic rings. The van der Waals surface area contributed by atoms with E-state index in [1.807, 2.05) is 0 Å². The highest BCUT2D eigenvalue weighted by Gasteiger charge is 2.20. The zero-order valence-corrected chi connectivity index (χ0v) is 31.1. The number of carboxylic acids is 1. The van der Waals surface area contributed by atoms with Crippen LogP contribution in [0.3, 0.4) is 0 Å². The number of carboxylic acid groups (broad SMARTS) is 1. The number of esters is 4. The maximum absolute atomic E-state index is 12.7. The molecular formula is C34H33BrI2O10. The molecule has 0 bridgehead atoms. The second-order valence-electron chi connectivity index (χ2n) is 9.03. The standard InChI is InChI=1S/C26H22O8.C7H5IO2.CH4.BrH.HI/c1-15-16(2)22(26(30)34-20-11-7-18(8-12-20)24(28)32-4)14-13-21(15)25(29)33-19-9-5-17(6-10-19)23(27)31-3;8-6-3-1-5(2-4-6)7(9)10;;;/h5-14H,1-4H3;1-4H,(H,9,10);1H4;2*1H. The van der Waals surface area contributed by atoms with Gasteiger partial charge in [-0.3, -0.25) is 0 Å². The molecule has 4 rings (SSSR count). The molecule has 13 heteroatoms. The Kier molecular flexibility index (Phi) is 18.8. The van der Waals surface area contributed by atoms with Crippen LogP contribution in [0.1, 0.15) is 70.3 Å². The van der Waals surface area contributed by atoms with E-state index in [2.05, 4.69) is 32.1 Å². The van der Waals surface area contributed by atoms with Gasteiger partial charge in [-0.1, -0.05) is 7.43 Å². The lowest BCUT2D eigenvalue weighted by Crippen LogP contribution is -2.15. The SMILES string of the molecule is Br.C.COC(=O)c1ccc(OC(=O)c2ccc(C(=O)Oc3ccc(C(=O)OC)cc3)c(C)c2C)cc1.I.O=C(O)c1ccc(I)cc1. The van der Waals surface area contributed by atoms with Crippen LogP contribution in [0.25, 0.3) is 0 Å². The van der Waals surface area contributed by atoms with Gasteiger partial charge >= 0.3 is 29.8 Å². The van der Waals surface area contributed by atoms with E-state index in [0.717, 1.165) is 3.57 Å². The zero-order valence-electron chi connectivity index (χ0n) is 24.9. The molecule has 250 valence electrons. The molecular weight excluding hydrogens is 902 g/mol. The fraction of sp³-hybridized carbons (Fsp3) is 0.147. The van der Waals surface area contributed by atoms with Gasteiger partial charge in [0.2, 0.25) is 0 Å². The van der Waals surface area contributed by atoms with Gasteiger partial charge in [-0.05, 0) is 132 Å². The lowest BCUT2D eigenvalue weighted by Gasteiger charge is -2.13. The summed E-state index contributed by atoms with van der Waals surface area (Å²) in [5.74, 6) is -2.56. The third-order valence-electron chi connectivity index (χ3n) is 6.29. The molecule has 1 N–H and O–H groups in total. The van der Waals surface area contributed by atoms with Gasteiger partial charge in [0.25, 0.3) is 0 Å². The van der Waals surface area contributed by atoms with Crippen LogP contribution in [0.4, 0.5) is 0 Å². The molecule has 0 saturated carbocycles. The van der Waals surface area contributed by atoms with Gasteiger partial charge in [0.15, 0.2) is 0 Å². The smallest absolute Gasteiger partial charge is 0.343 e. The van der Waals surface area contributed by atoms with Crippen molar-refractivity contribution in [2.45, 2.75) is 21.3 Å². The first-order chi connectivity index (χ1) is 20.9. The predicted molar refractivity (Wildman–Crippen MR) is 200 cm³/mol. The number of halogens is 3. The van der Waals surface area contributed by atoms with Crippen molar-refractivity contribution in [3.63, 3.8) is 0 Å². The molecule has 47 heavy (non-hydrogen) atoms. The van der Waals surface area contributed by atoms with E-state index in [0.29, 0.717) is 27.8 Å². The summed E-state index contributed by atoms with van der Waals surface area (Å²) in [7, 11) is 2.56. The topological polar surface area (TPSA) is 142 Å². The zero-order chi connectivity index (χ0) is 32.4. The quantitative estimate of drug-likeness (QED) is 0.110. The van der Waals surface area contributed by atoms with E-state index in [-0.39, 0.29) is 71.0 Å². The molecule has 0 spiro atoms. The van der Waals surface area contributed by atoms with Gasteiger partial charge in [-0.2, -0.15) is 0 Å². The highest BCUT2D eigenvalue weighted by Crippen LogP contribution is 2.23. The number of rotatable bonds is 7. The van der Waals surface area contributed by atoms with E-state index >= 15 is 0 Å². The van der Waals surface area contributed by atoms with Crippen molar-refractivity contribution in [1.82, 2.24) is 0 Å². The minimum Gasteiger partial charge on any atom is -0.478 e. The van der Waals surface area contributed by atoms with Crippen molar-refractivity contribution in [3.8, 4) is 11.5 Å². The molecule has 0 fully saturated rings. The van der Waals surface area contributed by atoms with E-state index in [4.69, 9.17) is 14.6 Å². The van der Waals surface area contributed by atoms with Gasteiger partial charge in [-0.25, -0.2) is 24.0 Å². The summed E-state index contributed by atoms with van der Waals surface area (Å²) >= 11 is 2.13. The van der Waals surface area contributed by atoms with Gasteiger partial charge in [-0.15, -0.1) is 41.0 Å². The largest absolute Gasteiger partial charge is 0.478 e. The summed E-state index contributed by atoms with van der Waals surface area (Å²) in [5.41, 5.74) is 2.69. The van der Waals surface area contributed by atoms with Crippen molar-refractivity contribution in [1.29, 1.82) is 0 Å². The summed E-state index contributed by atoms with van der Waals surface area (Å²) in [5, 5.41) is 8.47. The van der Waals surface area contributed by atoms with Gasteiger partial charge in [0.05, 0.1) is 42.0 Å². The van der Waals surface area contributed by atoms with Crippen LogP contribution in [-0.2, 0) is 9.47 Å². The van der Waals surface area contributed by atoms with Crippen LogP contribution in [0.5, 0.6) is 11.5 Å². The summed E-state index contributed by atoms with van der Waals surface area (Å²) in [4.78, 5) is 58.7. The number of carbonyl (C=O) groups excluding carboxylic acids is 4. The normalized spacial score (nSPS) is 9.38. The van der Waals surface area contributed by atoms with Gasteiger partial charge in [0.1, 0.15) is 11.5 Å². The average molecular weight is 935 g/mol. The number of hydrogen-bond donors (Lipinski definition) is 1. The summed E-state index contributed by atoms with van der Waals surface area (Å²) in [6, 6.07) is 21.6. The molecule has 4 aromatic carbocycles. The minimum atomic E-state index is -0.878. The van der Waals surface area contributed by atoms with Crippen molar-refractivity contribution in [2.75, 3.05) is 14.2 Å². The lowest BCUT2D eigenvalue weighted by molar-refractivity contribution is 0.0591. The number of ether oxygens (including phenoxy) is 4. The Morgan fingerprint density at radius 3 is 1.17 bits per heavy atom. The molecule has 0 aliphatic heterocycles. The fourth-order valence-electron chi connectivity index (χ4n) is 3.73. The molecule has 10 nitrogen and oxygen atoms in total. The number of aromatic carboxylic acids is 1. The molecule has 0 heterocycles. The second kappa shape index (κ2) is 20.4. The first-order valence-electron chi connectivity index (χ1n) is 12.8. The molecule has 4 aromatic rings.